The van der Waals surface area contributed by atoms with E-state index >= 15 is 0 Å². The predicted octanol–water partition coefficient (Wildman–Crippen LogP) is 2.43. The minimum absolute atomic E-state index is 0.00458. The van der Waals surface area contributed by atoms with E-state index in [1.54, 1.807) is 29.9 Å². The summed E-state index contributed by atoms with van der Waals surface area (Å²) in [5.41, 5.74) is 1.94. The molecule has 3 aromatic rings. The molecule has 35 heavy (non-hydrogen) atoms. The number of hydrogen-bond donors (Lipinski definition) is 2. The molecule has 2 heterocycles. The highest BCUT2D eigenvalue weighted by Gasteiger charge is 2.26. The van der Waals surface area contributed by atoms with Crippen molar-refractivity contribution in [2.24, 2.45) is 5.92 Å². The van der Waals surface area contributed by atoms with Crippen molar-refractivity contribution in [1.29, 1.82) is 0 Å². The Morgan fingerprint density at radius 2 is 2.03 bits per heavy atom. The zero-order valence-electron chi connectivity index (χ0n) is 19.9. The summed E-state index contributed by atoms with van der Waals surface area (Å²) in [6.07, 6.45) is 4.68. The monoisotopic (exact) mass is 481 g/mol. The third-order valence-electron chi connectivity index (χ3n) is 5.93. The number of aryl methyl sites for hydroxylation is 1. The van der Waals surface area contributed by atoms with Crippen LogP contribution in [0.15, 0.2) is 30.5 Å². The second-order valence-electron chi connectivity index (χ2n) is 8.74. The lowest BCUT2D eigenvalue weighted by molar-refractivity contribution is -0.119. The fourth-order valence-corrected chi connectivity index (χ4v) is 4.33. The summed E-state index contributed by atoms with van der Waals surface area (Å²) in [4.78, 5) is 32.7. The number of aromatic nitrogens is 5. The van der Waals surface area contributed by atoms with E-state index in [4.69, 9.17) is 4.74 Å². The van der Waals surface area contributed by atoms with Crippen LogP contribution in [0.4, 0.5) is 4.39 Å². The zero-order valence-corrected chi connectivity index (χ0v) is 19.9. The first-order chi connectivity index (χ1) is 16.8. The Labute approximate surface area is 202 Å². The molecule has 0 spiro atoms. The molecule has 0 saturated heterocycles. The number of benzene rings is 1. The summed E-state index contributed by atoms with van der Waals surface area (Å²) in [5.74, 6) is 0.0902. The number of amides is 2. The van der Waals surface area contributed by atoms with Crippen LogP contribution in [0.2, 0.25) is 0 Å². The van der Waals surface area contributed by atoms with Crippen molar-refractivity contribution in [2.75, 3.05) is 7.11 Å². The molecule has 0 aliphatic heterocycles. The topological polar surface area (TPSA) is 124 Å². The molecule has 1 aromatic carbocycles. The van der Waals surface area contributed by atoms with Crippen LogP contribution in [0.25, 0.3) is 11.4 Å². The molecule has 2 unspecified atom stereocenters. The third-order valence-corrected chi connectivity index (χ3v) is 5.93. The first kappa shape index (κ1) is 24.2. The molecular formula is C24H28FN7O3. The normalized spacial score (nSPS) is 17.3. The summed E-state index contributed by atoms with van der Waals surface area (Å²) in [5, 5.41) is 14.2. The summed E-state index contributed by atoms with van der Waals surface area (Å²) in [6, 6.07) is 6.19. The highest BCUT2D eigenvalue weighted by molar-refractivity contribution is 5.93. The van der Waals surface area contributed by atoms with Gasteiger partial charge in [0.2, 0.25) is 5.91 Å². The number of rotatable bonds is 8. The Morgan fingerprint density at radius 3 is 2.80 bits per heavy atom. The van der Waals surface area contributed by atoms with Gasteiger partial charge in [-0.05, 0) is 55.9 Å². The van der Waals surface area contributed by atoms with Crippen LogP contribution in [0.3, 0.4) is 0 Å². The van der Waals surface area contributed by atoms with E-state index in [9.17, 15) is 14.0 Å². The lowest BCUT2D eigenvalue weighted by Crippen LogP contribution is -2.30. The van der Waals surface area contributed by atoms with Gasteiger partial charge in [-0.1, -0.05) is 11.3 Å². The van der Waals surface area contributed by atoms with Crippen molar-refractivity contribution >= 4 is 11.8 Å². The molecule has 11 heteroatoms. The third kappa shape index (κ3) is 6.17. The van der Waals surface area contributed by atoms with E-state index in [1.807, 2.05) is 0 Å². The second-order valence-corrected chi connectivity index (χ2v) is 8.74. The summed E-state index contributed by atoms with van der Waals surface area (Å²) in [6.45, 7) is 4.12. The average Bonchev–Trinajstić information content (AvgIpc) is 3.47. The van der Waals surface area contributed by atoms with Crippen LogP contribution in [0.1, 0.15) is 48.1 Å². The molecule has 4 rings (SSSR count). The van der Waals surface area contributed by atoms with E-state index in [2.05, 4.69) is 30.9 Å². The number of ether oxygens (including phenoxy) is 1. The fourth-order valence-electron chi connectivity index (χ4n) is 4.33. The lowest BCUT2D eigenvalue weighted by Gasteiger charge is -2.11. The van der Waals surface area contributed by atoms with Crippen molar-refractivity contribution in [1.82, 2.24) is 35.6 Å². The van der Waals surface area contributed by atoms with Gasteiger partial charge in [0.1, 0.15) is 17.2 Å². The Bertz CT molecular complexity index is 1230. The van der Waals surface area contributed by atoms with Gasteiger partial charge in [0.05, 0.1) is 19.0 Å². The van der Waals surface area contributed by atoms with E-state index in [-0.39, 0.29) is 35.8 Å². The summed E-state index contributed by atoms with van der Waals surface area (Å²) >= 11 is 0. The van der Waals surface area contributed by atoms with Gasteiger partial charge in [-0.3, -0.25) is 14.3 Å². The Morgan fingerprint density at radius 1 is 1.20 bits per heavy atom. The number of carbonyl (C=O) groups excluding carboxylic acids is 2. The van der Waals surface area contributed by atoms with E-state index in [0.717, 1.165) is 19.3 Å². The molecule has 184 valence electrons. The van der Waals surface area contributed by atoms with Gasteiger partial charge in [0.25, 0.3) is 5.91 Å². The first-order valence-corrected chi connectivity index (χ1v) is 11.4. The molecule has 1 fully saturated rings. The maximum atomic E-state index is 13.6. The molecule has 1 saturated carbocycles. The Kier molecular flexibility index (Phi) is 7.33. The SMILES string of the molecule is COc1cc(CNC(=O)c2cc(-c3cn(CC4CCC(NC(C)=O)C4)nn3)nc(C)n2)ccc1F. The average molecular weight is 482 g/mol. The number of methoxy groups -OCH3 is 1. The minimum Gasteiger partial charge on any atom is -0.494 e. The first-order valence-electron chi connectivity index (χ1n) is 11.4. The molecule has 10 nitrogen and oxygen atoms in total. The fraction of sp³-hybridized carbons (Fsp3) is 0.417. The maximum absolute atomic E-state index is 13.6. The Hall–Kier alpha value is -3.89. The van der Waals surface area contributed by atoms with Crippen LogP contribution in [-0.2, 0) is 17.9 Å². The molecule has 1 aliphatic rings. The zero-order chi connectivity index (χ0) is 24.9. The van der Waals surface area contributed by atoms with Gasteiger partial charge in [-0.15, -0.1) is 5.10 Å². The van der Waals surface area contributed by atoms with Gasteiger partial charge in [0, 0.05) is 26.1 Å². The summed E-state index contributed by atoms with van der Waals surface area (Å²) in [7, 11) is 1.39. The smallest absolute Gasteiger partial charge is 0.270 e. The number of nitrogens with zero attached hydrogens (tertiary/aromatic N) is 5. The van der Waals surface area contributed by atoms with E-state index in [1.165, 1.54) is 26.2 Å². The summed E-state index contributed by atoms with van der Waals surface area (Å²) < 4.78 is 20.4. The van der Waals surface area contributed by atoms with Crippen molar-refractivity contribution in [3.05, 3.63) is 53.4 Å². The highest BCUT2D eigenvalue weighted by Crippen LogP contribution is 2.27. The molecular weight excluding hydrogens is 453 g/mol. The largest absolute Gasteiger partial charge is 0.494 e. The van der Waals surface area contributed by atoms with Gasteiger partial charge < -0.3 is 15.4 Å². The van der Waals surface area contributed by atoms with Gasteiger partial charge in [0.15, 0.2) is 11.6 Å². The van der Waals surface area contributed by atoms with Crippen molar-refractivity contribution in [2.45, 2.75) is 52.2 Å². The number of carbonyl (C=O) groups is 2. The van der Waals surface area contributed by atoms with Crippen molar-refractivity contribution in [3.63, 3.8) is 0 Å². The van der Waals surface area contributed by atoms with Gasteiger partial charge in [-0.25, -0.2) is 14.4 Å². The highest BCUT2D eigenvalue weighted by atomic mass is 19.1. The van der Waals surface area contributed by atoms with Crippen LogP contribution >= 0.6 is 0 Å². The van der Waals surface area contributed by atoms with Crippen molar-refractivity contribution in [3.8, 4) is 17.1 Å². The molecule has 1 aliphatic carbocycles. The number of halogens is 1. The molecule has 0 radical (unpaired) electrons. The number of nitrogens with one attached hydrogen (secondary N) is 2. The van der Waals surface area contributed by atoms with E-state index in [0.29, 0.717) is 35.2 Å². The second kappa shape index (κ2) is 10.6. The predicted molar refractivity (Wildman–Crippen MR) is 125 cm³/mol. The molecule has 2 N–H and O–H groups in total. The minimum atomic E-state index is -0.466. The van der Waals surface area contributed by atoms with E-state index < -0.39 is 5.82 Å². The molecule has 2 atom stereocenters. The van der Waals surface area contributed by atoms with Crippen molar-refractivity contribution < 1.29 is 18.7 Å². The maximum Gasteiger partial charge on any atom is 0.270 e. The van der Waals surface area contributed by atoms with Gasteiger partial charge in [-0.2, -0.15) is 0 Å². The quantitative estimate of drug-likeness (QED) is 0.506. The van der Waals surface area contributed by atoms with Crippen LogP contribution in [-0.4, -0.2) is 49.9 Å². The van der Waals surface area contributed by atoms with Gasteiger partial charge >= 0.3 is 0 Å². The standard InChI is InChI=1S/C24H28FN7O3/c1-14-27-20(22-13-32(31-30-22)12-17-4-6-18(8-17)29-15(2)33)10-21(28-14)24(34)26-11-16-5-7-19(25)23(9-16)35-3/h5,7,9-10,13,17-18H,4,6,8,11-12H2,1-3H3,(H,26,34)(H,29,33). The van der Waals surface area contributed by atoms with Crippen LogP contribution in [0.5, 0.6) is 5.75 Å². The van der Waals surface area contributed by atoms with Crippen LogP contribution < -0.4 is 15.4 Å². The molecule has 2 aromatic heterocycles. The molecule has 2 amide bonds. The molecule has 0 bridgehead atoms. The Balaban J connectivity index is 1.41. The number of hydrogen-bond acceptors (Lipinski definition) is 7. The van der Waals surface area contributed by atoms with Crippen LogP contribution in [0, 0.1) is 18.7 Å². The lowest BCUT2D eigenvalue weighted by atomic mass is 10.1.